The Kier molecular flexibility index (Phi) is 10.9. The van der Waals surface area contributed by atoms with Crippen LogP contribution in [0.1, 0.15) is 45.4 Å². The van der Waals surface area contributed by atoms with Crippen LogP contribution in [0.25, 0.3) is 0 Å². The average molecular weight is 404 g/mol. The van der Waals surface area contributed by atoms with Crippen molar-refractivity contribution in [2.45, 2.75) is 63.4 Å². The minimum Gasteiger partial charge on any atom is -0.266 e. The first-order valence-corrected chi connectivity index (χ1v) is 10.0. The van der Waals surface area contributed by atoms with Crippen molar-refractivity contribution in [3.63, 3.8) is 0 Å². The summed E-state index contributed by atoms with van der Waals surface area (Å²) >= 11 is 7.61. The second-order valence-electron chi connectivity index (χ2n) is 5.82. The van der Waals surface area contributed by atoms with Crippen molar-refractivity contribution in [3.05, 3.63) is 34.9 Å². The molecule has 0 aliphatic rings. The Balaban J connectivity index is 0.00000312. The highest BCUT2D eigenvalue weighted by Gasteiger charge is 2.04. The van der Waals surface area contributed by atoms with Crippen LogP contribution in [0.15, 0.2) is 29.2 Å². The smallest absolute Gasteiger partial charge is 0.238 e. The first-order valence-electron chi connectivity index (χ1n) is 8.64. The maximum absolute atomic E-state index is 8.16. The summed E-state index contributed by atoms with van der Waals surface area (Å²) < 4.78 is 3.37. The topological polar surface area (TPSA) is 59.5 Å². The van der Waals surface area contributed by atoms with E-state index in [1.54, 1.807) is 21.1 Å². The third kappa shape index (κ3) is 7.84. The standard InChI is InChI=1S/C17H26ClN5S.ClH/c1-2-3-4-5-6-7-12-22-17(19)23(21-20-22)13-14-24-16-10-8-15(18)9-11-16;/h8-11,19H,2-7,12-14H2,1H3;1H. The molecule has 140 valence electrons. The van der Waals surface area contributed by atoms with E-state index in [4.69, 9.17) is 17.0 Å². The van der Waals surface area contributed by atoms with E-state index < -0.39 is 0 Å². The van der Waals surface area contributed by atoms with E-state index in [1.807, 2.05) is 24.3 Å². The number of tetrazole rings is 1. The van der Waals surface area contributed by atoms with Gasteiger partial charge in [-0.05, 0) is 41.1 Å². The number of nitrogens with zero attached hydrogens (tertiary/aromatic N) is 4. The van der Waals surface area contributed by atoms with E-state index in [9.17, 15) is 0 Å². The number of hydrogen-bond donors (Lipinski definition) is 1. The Bertz CT molecular complexity index is 654. The van der Waals surface area contributed by atoms with Crippen molar-refractivity contribution < 1.29 is 0 Å². The summed E-state index contributed by atoms with van der Waals surface area (Å²) in [6, 6.07) is 7.80. The van der Waals surface area contributed by atoms with Crippen LogP contribution in [0.5, 0.6) is 0 Å². The molecule has 25 heavy (non-hydrogen) atoms. The fourth-order valence-corrected chi connectivity index (χ4v) is 3.39. The molecule has 0 aliphatic carbocycles. The SMILES string of the molecule is CCCCCCCCn1nnn(CCSc2ccc(Cl)cc2)c1=N.Cl. The highest BCUT2D eigenvalue weighted by molar-refractivity contribution is 7.99. The zero-order valence-electron chi connectivity index (χ0n) is 14.7. The highest BCUT2D eigenvalue weighted by atomic mass is 35.5. The molecule has 1 N–H and O–H groups in total. The lowest BCUT2D eigenvalue weighted by atomic mass is 10.1. The third-order valence-electron chi connectivity index (χ3n) is 3.85. The second kappa shape index (κ2) is 12.4. The van der Waals surface area contributed by atoms with Crippen molar-refractivity contribution in [3.8, 4) is 0 Å². The minimum absolute atomic E-state index is 0. The predicted octanol–water partition coefficient (Wildman–Crippen LogP) is 4.79. The summed E-state index contributed by atoms with van der Waals surface area (Å²) in [6.45, 7) is 3.70. The third-order valence-corrected chi connectivity index (χ3v) is 5.10. The monoisotopic (exact) mass is 403 g/mol. The van der Waals surface area contributed by atoms with Gasteiger partial charge < -0.3 is 0 Å². The molecular formula is C17H27Cl2N5S. The average Bonchev–Trinajstić information content (AvgIpc) is 2.93. The Labute approximate surface area is 165 Å². The Morgan fingerprint density at radius 3 is 2.24 bits per heavy atom. The first-order chi connectivity index (χ1) is 11.7. The van der Waals surface area contributed by atoms with Gasteiger partial charge in [0.25, 0.3) is 0 Å². The van der Waals surface area contributed by atoms with Crippen LogP contribution < -0.4 is 5.62 Å². The molecule has 0 aliphatic heterocycles. The van der Waals surface area contributed by atoms with Crippen LogP contribution in [0.3, 0.4) is 0 Å². The summed E-state index contributed by atoms with van der Waals surface area (Å²) in [7, 11) is 0. The summed E-state index contributed by atoms with van der Waals surface area (Å²) in [5.41, 5.74) is 0.389. The summed E-state index contributed by atoms with van der Waals surface area (Å²) in [5.74, 6) is 0.855. The minimum atomic E-state index is 0. The molecule has 1 aromatic heterocycles. The number of nitrogens with one attached hydrogen (secondary N) is 1. The van der Waals surface area contributed by atoms with Crippen LogP contribution in [-0.2, 0) is 13.1 Å². The number of thioether (sulfide) groups is 1. The van der Waals surface area contributed by atoms with Gasteiger partial charge in [-0.25, -0.2) is 9.36 Å². The van der Waals surface area contributed by atoms with E-state index in [0.29, 0.717) is 12.2 Å². The number of benzene rings is 1. The number of rotatable bonds is 11. The van der Waals surface area contributed by atoms with E-state index in [2.05, 4.69) is 17.4 Å². The van der Waals surface area contributed by atoms with Crippen LogP contribution in [0.4, 0.5) is 0 Å². The lowest BCUT2D eigenvalue weighted by Gasteiger charge is -2.02. The molecule has 1 aromatic carbocycles. The molecule has 0 amide bonds. The largest absolute Gasteiger partial charge is 0.266 e. The molecule has 0 radical (unpaired) electrons. The van der Waals surface area contributed by atoms with Gasteiger partial charge in [-0.15, -0.1) is 24.2 Å². The van der Waals surface area contributed by atoms with Crippen molar-refractivity contribution in [2.75, 3.05) is 5.75 Å². The van der Waals surface area contributed by atoms with Crippen LogP contribution in [0.2, 0.25) is 5.02 Å². The number of halogens is 2. The number of hydrogen-bond acceptors (Lipinski definition) is 4. The molecule has 0 spiro atoms. The van der Waals surface area contributed by atoms with Gasteiger partial charge in [0, 0.05) is 22.2 Å². The van der Waals surface area contributed by atoms with Gasteiger partial charge in [0.1, 0.15) is 0 Å². The maximum atomic E-state index is 8.16. The number of unbranched alkanes of at least 4 members (excludes halogenated alkanes) is 5. The zero-order valence-corrected chi connectivity index (χ0v) is 17.0. The molecule has 0 saturated heterocycles. The van der Waals surface area contributed by atoms with Gasteiger partial charge in [-0.1, -0.05) is 50.6 Å². The van der Waals surface area contributed by atoms with Crippen molar-refractivity contribution >= 4 is 35.8 Å². The quantitative estimate of drug-likeness (QED) is 0.433. The molecule has 8 heteroatoms. The van der Waals surface area contributed by atoms with Gasteiger partial charge in [0.15, 0.2) is 0 Å². The number of aryl methyl sites for hydroxylation is 2. The van der Waals surface area contributed by atoms with E-state index in [-0.39, 0.29) is 12.4 Å². The van der Waals surface area contributed by atoms with E-state index >= 15 is 0 Å². The van der Waals surface area contributed by atoms with Gasteiger partial charge in [0.2, 0.25) is 5.62 Å². The van der Waals surface area contributed by atoms with Crippen LogP contribution in [0, 0.1) is 5.41 Å². The molecule has 0 bridgehead atoms. The molecule has 1 heterocycles. The fourth-order valence-electron chi connectivity index (χ4n) is 2.44. The lowest BCUT2D eigenvalue weighted by molar-refractivity contribution is 0.499. The Morgan fingerprint density at radius 1 is 0.960 bits per heavy atom. The highest BCUT2D eigenvalue weighted by Crippen LogP contribution is 2.20. The summed E-state index contributed by atoms with van der Waals surface area (Å²) in [6.07, 6.45) is 7.44. The van der Waals surface area contributed by atoms with Gasteiger partial charge in [-0.2, -0.15) is 0 Å². The molecule has 2 rings (SSSR count). The second-order valence-corrected chi connectivity index (χ2v) is 7.42. The summed E-state index contributed by atoms with van der Waals surface area (Å²) in [5, 5.41) is 17.1. The van der Waals surface area contributed by atoms with E-state index in [1.165, 1.54) is 37.0 Å². The Morgan fingerprint density at radius 2 is 1.56 bits per heavy atom. The van der Waals surface area contributed by atoms with Crippen molar-refractivity contribution in [1.82, 2.24) is 19.8 Å². The summed E-state index contributed by atoms with van der Waals surface area (Å²) in [4.78, 5) is 1.17. The first kappa shape index (κ1) is 22.1. The normalized spacial score (nSPS) is 10.6. The fraction of sp³-hybridized carbons (Fsp3) is 0.588. The van der Waals surface area contributed by atoms with E-state index in [0.717, 1.165) is 23.7 Å². The predicted molar refractivity (Wildman–Crippen MR) is 107 cm³/mol. The molecule has 5 nitrogen and oxygen atoms in total. The van der Waals surface area contributed by atoms with Crippen LogP contribution in [-0.4, -0.2) is 25.5 Å². The van der Waals surface area contributed by atoms with Gasteiger partial charge in [0.05, 0.1) is 6.54 Å². The van der Waals surface area contributed by atoms with Gasteiger partial charge >= 0.3 is 0 Å². The molecule has 0 fully saturated rings. The lowest BCUT2D eigenvalue weighted by Crippen LogP contribution is -2.26. The zero-order chi connectivity index (χ0) is 17.2. The number of aromatic nitrogens is 4. The maximum Gasteiger partial charge on any atom is 0.238 e. The van der Waals surface area contributed by atoms with Crippen molar-refractivity contribution in [1.29, 1.82) is 5.41 Å². The molecule has 0 atom stereocenters. The van der Waals surface area contributed by atoms with Crippen molar-refractivity contribution in [2.24, 2.45) is 0 Å². The molecule has 0 saturated carbocycles. The van der Waals surface area contributed by atoms with Crippen LogP contribution >= 0.6 is 35.8 Å². The Hall–Kier alpha value is -0.980. The molecular weight excluding hydrogens is 377 g/mol. The van der Waals surface area contributed by atoms with Gasteiger partial charge in [-0.3, -0.25) is 5.41 Å². The molecule has 0 unspecified atom stereocenters. The molecule has 2 aromatic rings.